The molecular formula is C22H23ClN2O5S. The molecule has 2 aliphatic heterocycles. The quantitative estimate of drug-likeness (QED) is 0.403. The molecule has 164 valence electrons. The van der Waals surface area contributed by atoms with Crippen molar-refractivity contribution in [2.24, 2.45) is 0 Å². The number of aliphatic hydroxyl groups excluding tert-OH is 1. The number of thiophene rings is 1. The largest absolute Gasteiger partial charge is 0.507 e. The summed E-state index contributed by atoms with van der Waals surface area (Å²) in [5, 5.41) is 13.3. The molecule has 0 bridgehead atoms. The number of amides is 1. The molecule has 0 saturated carbocycles. The molecule has 4 rings (SSSR count). The van der Waals surface area contributed by atoms with Crippen molar-refractivity contribution >= 4 is 40.4 Å². The molecule has 0 spiro atoms. The average molecular weight is 463 g/mol. The van der Waals surface area contributed by atoms with Gasteiger partial charge in [-0.05, 0) is 29.6 Å². The number of benzene rings is 1. The number of ether oxygens (including phenoxy) is 2. The maximum Gasteiger partial charge on any atom is 0.295 e. The highest BCUT2D eigenvalue weighted by Crippen LogP contribution is 2.41. The highest BCUT2D eigenvalue weighted by molar-refractivity contribution is 7.10. The van der Waals surface area contributed by atoms with Crippen molar-refractivity contribution in [1.82, 2.24) is 9.80 Å². The summed E-state index contributed by atoms with van der Waals surface area (Å²) < 4.78 is 10.5. The molecule has 31 heavy (non-hydrogen) atoms. The minimum atomic E-state index is -0.690. The van der Waals surface area contributed by atoms with Gasteiger partial charge in [-0.25, -0.2) is 0 Å². The van der Waals surface area contributed by atoms with Gasteiger partial charge in [-0.2, -0.15) is 0 Å². The molecule has 7 nitrogen and oxygen atoms in total. The van der Waals surface area contributed by atoms with Crippen molar-refractivity contribution in [3.05, 3.63) is 56.7 Å². The Morgan fingerprint density at radius 3 is 2.68 bits per heavy atom. The second-order valence-corrected chi connectivity index (χ2v) is 8.70. The van der Waals surface area contributed by atoms with Crippen LogP contribution in [-0.2, 0) is 14.3 Å². The molecule has 1 atom stereocenters. The van der Waals surface area contributed by atoms with Gasteiger partial charge >= 0.3 is 0 Å². The van der Waals surface area contributed by atoms with E-state index in [2.05, 4.69) is 4.90 Å². The minimum absolute atomic E-state index is 0.0793. The SMILES string of the molecule is COc1ccc(C(O)=C2C(=O)C(=O)N(CCN3CCOCC3)[C@H]2c2cccs2)cc1Cl. The number of methoxy groups -OCH3 is 1. The van der Waals surface area contributed by atoms with Gasteiger partial charge in [0.1, 0.15) is 11.5 Å². The summed E-state index contributed by atoms with van der Waals surface area (Å²) in [5.74, 6) is -1.08. The molecular weight excluding hydrogens is 440 g/mol. The maximum atomic E-state index is 13.0. The third-order valence-corrected chi connectivity index (χ3v) is 6.76. The molecule has 2 fully saturated rings. The summed E-state index contributed by atoms with van der Waals surface area (Å²) in [6.45, 7) is 3.91. The summed E-state index contributed by atoms with van der Waals surface area (Å²) >= 11 is 7.66. The molecule has 9 heteroatoms. The fourth-order valence-electron chi connectivity index (χ4n) is 3.90. The van der Waals surface area contributed by atoms with E-state index in [0.29, 0.717) is 42.6 Å². The van der Waals surface area contributed by atoms with Gasteiger partial charge in [-0.3, -0.25) is 14.5 Å². The van der Waals surface area contributed by atoms with Crippen LogP contribution in [0.1, 0.15) is 16.5 Å². The highest BCUT2D eigenvalue weighted by atomic mass is 35.5. The zero-order valence-corrected chi connectivity index (χ0v) is 18.6. The highest BCUT2D eigenvalue weighted by Gasteiger charge is 2.46. The van der Waals surface area contributed by atoms with Crippen LogP contribution >= 0.6 is 22.9 Å². The van der Waals surface area contributed by atoms with E-state index in [-0.39, 0.29) is 11.3 Å². The fraction of sp³-hybridized carbons (Fsp3) is 0.364. The lowest BCUT2D eigenvalue weighted by Gasteiger charge is -2.30. The number of hydrogen-bond acceptors (Lipinski definition) is 7. The summed E-state index contributed by atoms with van der Waals surface area (Å²) in [6.07, 6.45) is 0. The molecule has 2 aromatic rings. The van der Waals surface area contributed by atoms with Crippen LogP contribution in [0, 0.1) is 0 Å². The molecule has 0 radical (unpaired) electrons. The second-order valence-electron chi connectivity index (χ2n) is 7.31. The van der Waals surface area contributed by atoms with E-state index < -0.39 is 17.7 Å². The van der Waals surface area contributed by atoms with Crippen LogP contribution < -0.4 is 4.74 Å². The van der Waals surface area contributed by atoms with Crippen molar-refractivity contribution in [2.45, 2.75) is 6.04 Å². The minimum Gasteiger partial charge on any atom is -0.507 e. The van der Waals surface area contributed by atoms with E-state index in [1.807, 2.05) is 17.5 Å². The molecule has 0 unspecified atom stereocenters. The zero-order valence-electron chi connectivity index (χ0n) is 17.0. The van der Waals surface area contributed by atoms with Gasteiger partial charge in [-0.1, -0.05) is 17.7 Å². The third kappa shape index (κ3) is 4.34. The van der Waals surface area contributed by atoms with E-state index in [9.17, 15) is 14.7 Å². The number of hydrogen-bond donors (Lipinski definition) is 1. The Bertz CT molecular complexity index is 1000. The molecule has 2 saturated heterocycles. The Balaban J connectivity index is 1.70. The van der Waals surface area contributed by atoms with Crippen LogP contribution in [0.3, 0.4) is 0 Å². The first-order valence-corrected chi connectivity index (χ1v) is 11.2. The standard InChI is InChI=1S/C22H23ClN2O5S/c1-29-16-5-4-14(13-15(16)23)20(26)18-19(17-3-2-12-31-17)25(22(28)21(18)27)7-6-24-8-10-30-11-9-24/h2-5,12-13,19,26H,6-11H2,1H3/t19-/m0/s1. The number of Topliss-reactive ketones (excluding diaryl/α,β-unsaturated/α-hetero) is 1. The number of likely N-dealkylation sites (tertiary alicyclic amines) is 1. The molecule has 0 aliphatic carbocycles. The molecule has 1 aromatic carbocycles. The van der Waals surface area contributed by atoms with Crippen LogP contribution in [0.4, 0.5) is 0 Å². The molecule has 3 heterocycles. The number of carbonyl (C=O) groups is 2. The summed E-state index contributed by atoms with van der Waals surface area (Å²) in [4.78, 5) is 30.5. The van der Waals surface area contributed by atoms with Gasteiger partial charge in [0.05, 0.1) is 37.0 Å². The van der Waals surface area contributed by atoms with Gasteiger partial charge in [0.25, 0.3) is 11.7 Å². The Morgan fingerprint density at radius 1 is 1.26 bits per heavy atom. The van der Waals surface area contributed by atoms with E-state index in [1.165, 1.54) is 24.5 Å². The molecule has 1 N–H and O–H groups in total. The third-order valence-electron chi connectivity index (χ3n) is 5.54. The summed E-state index contributed by atoms with van der Waals surface area (Å²) in [5.41, 5.74) is 0.439. The van der Waals surface area contributed by atoms with Gasteiger partial charge in [0.2, 0.25) is 0 Å². The van der Waals surface area contributed by atoms with Crippen molar-refractivity contribution in [3.63, 3.8) is 0 Å². The van der Waals surface area contributed by atoms with Crippen LogP contribution in [0.2, 0.25) is 5.02 Å². The Morgan fingerprint density at radius 2 is 2.03 bits per heavy atom. The summed E-state index contributed by atoms with van der Waals surface area (Å²) in [7, 11) is 1.50. The smallest absolute Gasteiger partial charge is 0.295 e. The van der Waals surface area contributed by atoms with E-state index in [1.54, 1.807) is 17.0 Å². The molecule has 1 amide bonds. The van der Waals surface area contributed by atoms with E-state index >= 15 is 0 Å². The van der Waals surface area contributed by atoms with E-state index in [4.69, 9.17) is 21.1 Å². The first-order valence-electron chi connectivity index (χ1n) is 9.97. The van der Waals surface area contributed by atoms with Crippen LogP contribution in [0.5, 0.6) is 5.75 Å². The predicted molar refractivity (Wildman–Crippen MR) is 119 cm³/mol. The number of rotatable bonds is 6. The first-order chi connectivity index (χ1) is 15.0. The second kappa shape index (κ2) is 9.40. The average Bonchev–Trinajstić information content (AvgIpc) is 3.40. The number of ketones is 1. The summed E-state index contributed by atoms with van der Waals surface area (Å²) in [6, 6.07) is 7.87. The fourth-order valence-corrected chi connectivity index (χ4v) is 5.00. The zero-order chi connectivity index (χ0) is 22.0. The lowest BCUT2D eigenvalue weighted by atomic mass is 10.00. The Kier molecular flexibility index (Phi) is 6.62. The Labute approximate surface area is 189 Å². The monoisotopic (exact) mass is 462 g/mol. The van der Waals surface area contributed by atoms with Crippen molar-refractivity contribution < 1.29 is 24.2 Å². The van der Waals surface area contributed by atoms with Crippen LogP contribution in [0.15, 0.2) is 41.3 Å². The number of morpholine rings is 1. The topological polar surface area (TPSA) is 79.3 Å². The number of carbonyl (C=O) groups excluding carboxylic acids is 2. The predicted octanol–water partition coefficient (Wildman–Crippen LogP) is 3.16. The number of nitrogens with zero attached hydrogens (tertiary/aromatic N) is 2. The van der Waals surface area contributed by atoms with Crippen LogP contribution in [-0.4, -0.2) is 73.1 Å². The van der Waals surface area contributed by atoms with Crippen molar-refractivity contribution in [3.8, 4) is 5.75 Å². The van der Waals surface area contributed by atoms with Crippen molar-refractivity contribution in [2.75, 3.05) is 46.5 Å². The number of halogens is 1. The van der Waals surface area contributed by atoms with Crippen LogP contribution in [0.25, 0.3) is 5.76 Å². The first kappa shape index (κ1) is 21.8. The normalized spacial score (nSPS) is 21.6. The lowest BCUT2D eigenvalue weighted by molar-refractivity contribution is -0.140. The van der Waals surface area contributed by atoms with Gasteiger partial charge in [-0.15, -0.1) is 11.3 Å². The van der Waals surface area contributed by atoms with E-state index in [0.717, 1.165) is 18.0 Å². The van der Waals surface area contributed by atoms with Gasteiger partial charge < -0.3 is 19.5 Å². The Hall–Kier alpha value is -2.39. The number of aliphatic hydroxyl groups is 1. The van der Waals surface area contributed by atoms with Gasteiger partial charge in [0.15, 0.2) is 0 Å². The van der Waals surface area contributed by atoms with Gasteiger partial charge in [0, 0.05) is 36.6 Å². The molecule has 2 aliphatic rings. The molecule has 1 aromatic heterocycles. The van der Waals surface area contributed by atoms with Crippen molar-refractivity contribution in [1.29, 1.82) is 0 Å². The lowest BCUT2D eigenvalue weighted by Crippen LogP contribution is -2.42. The maximum absolute atomic E-state index is 13.0.